The molecule has 2 saturated carbocycles. The molecule has 3 aliphatic carbocycles. The molecular weight excluding hydrogens is 515 g/mol. The molecule has 0 radical (unpaired) electrons. The molecule has 0 unspecified atom stereocenters. The van der Waals surface area contributed by atoms with Gasteiger partial charge in [0.25, 0.3) is 0 Å². The Labute approximate surface area is 224 Å². The van der Waals surface area contributed by atoms with Crippen molar-refractivity contribution in [3.05, 3.63) is 24.8 Å². The number of halogens is 3. The van der Waals surface area contributed by atoms with Crippen LogP contribution >= 0.6 is 0 Å². The van der Waals surface area contributed by atoms with Gasteiger partial charge < -0.3 is 20.9 Å². The SMILES string of the molecule is C=CC1([C@H](NC(=O)C(F)(F)F)C(=O)N2C[C@H]3[C@@H]([C@H]2C(=O)N[C@H](C#N)C[C@@H]2CCNC2=O)[C@H]2C=C[C@@H]3C2)CCC1. The molecule has 39 heavy (non-hydrogen) atoms. The number of nitrogens with zero attached hydrogens (tertiary/aromatic N) is 2. The van der Waals surface area contributed by atoms with Gasteiger partial charge in [0.2, 0.25) is 17.7 Å². The van der Waals surface area contributed by atoms with Gasteiger partial charge in [-0.3, -0.25) is 19.2 Å². The summed E-state index contributed by atoms with van der Waals surface area (Å²) in [6, 6.07) is -1.47. The Bertz CT molecular complexity index is 1140. The largest absolute Gasteiger partial charge is 0.471 e. The van der Waals surface area contributed by atoms with Crippen LogP contribution in [0.4, 0.5) is 13.2 Å². The average molecular weight is 548 g/mol. The summed E-state index contributed by atoms with van der Waals surface area (Å²) >= 11 is 0. The molecule has 0 aromatic carbocycles. The molecule has 4 fully saturated rings. The van der Waals surface area contributed by atoms with Gasteiger partial charge in [0.1, 0.15) is 18.1 Å². The number of nitriles is 1. The average Bonchev–Trinajstić information content (AvgIpc) is 3.64. The lowest BCUT2D eigenvalue weighted by Gasteiger charge is -2.46. The van der Waals surface area contributed by atoms with Gasteiger partial charge in [-0.05, 0) is 55.8 Å². The molecule has 2 aliphatic heterocycles. The number of hydrogen-bond donors (Lipinski definition) is 3. The fourth-order valence-corrected chi connectivity index (χ4v) is 7.36. The van der Waals surface area contributed by atoms with Crippen molar-refractivity contribution < 1.29 is 32.3 Å². The maximum atomic E-state index is 14.0. The fourth-order valence-electron chi connectivity index (χ4n) is 7.36. The van der Waals surface area contributed by atoms with Crippen molar-refractivity contribution in [1.82, 2.24) is 20.9 Å². The summed E-state index contributed by atoms with van der Waals surface area (Å²) in [6.07, 6.45) is 3.27. The van der Waals surface area contributed by atoms with Crippen LogP contribution in [0.1, 0.15) is 38.5 Å². The standard InChI is InChI=1S/C27H32F3N5O4/c1-2-26(7-3-8-26)21(34-25(39)27(28,29)30)24(38)35-13-18-14-4-5-15(10-14)19(18)20(35)23(37)33-17(12-31)11-16-6-9-32-22(16)36/h2,4-5,14-21H,1,3,6-11,13H2,(H,32,36)(H,33,37)(H,34,39)/t14-,15+,16+,17+,18-,19+,20+,21-/m1/s1. The molecule has 5 rings (SSSR count). The van der Waals surface area contributed by atoms with Gasteiger partial charge in [0, 0.05) is 24.4 Å². The van der Waals surface area contributed by atoms with Gasteiger partial charge >= 0.3 is 12.1 Å². The number of hydrogen-bond acceptors (Lipinski definition) is 5. The summed E-state index contributed by atoms with van der Waals surface area (Å²) in [5.74, 6) is -4.26. The van der Waals surface area contributed by atoms with Crippen LogP contribution in [-0.2, 0) is 19.2 Å². The number of carbonyl (C=O) groups excluding carboxylic acids is 4. The predicted octanol–water partition coefficient (Wildman–Crippen LogP) is 1.57. The zero-order chi connectivity index (χ0) is 28.1. The number of alkyl halides is 3. The van der Waals surface area contributed by atoms with E-state index >= 15 is 0 Å². The highest BCUT2D eigenvalue weighted by Crippen LogP contribution is 2.55. The third-order valence-corrected chi connectivity index (χ3v) is 9.55. The normalized spacial score (nSPS) is 33.4. The molecule has 2 saturated heterocycles. The van der Waals surface area contributed by atoms with E-state index in [1.807, 2.05) is 17.5 Å². The summed E-state index contributed by atoms with van der Waals surface area (Å²) in [5, 5.41) is 17.1. The maximum Gasteiger partial charge on any atom is 0.471 e. The Balaban J connectivity index is 1.42. The Morgan fingerprint density at radius 1 is 1.26 bits per heavy atom. The van der Waals surface area contributed by atoms with Crippen LogP contribution in [0, 0.1) is 46.3 Å². The number of amides is 4. The highest BCUT2D eigenvalue weighted by Gasteiger charge is 2.60. The van der Waals surface area contributed by atoms with E-state index in [0.29, 0.717) is 32.2 Å². The summed E-state index contributed by atoms with van der Waals surface area (Å²) < 4.78 is 39.8. The minimum atomic E-state index is -5.18. The fraction of sp³-hybridized carbons (Fsp3) is 0.667. The molecule has 4 amide bonds. The van der Waals surface area contributed by atoms with E-state index in [-0.39, 0.29) is 42.5 Å². The minimum Gasteiger partial charge on any atom is -0.356 e. The van der Waals surface area contributed by atoms with E-state index in [4.69, 9.17) is 0 Å². The number of rotatable bonds is 8. The highest BCUT2D eigenvalue weighted by atomic mass is 19.4. The molecule has 12 heteroatoms. The molecule has 0 aromatic rings. The van der Waals surface area contributed by atoms with Crippen molar-refractivity contribution in [2.24, 2.45) is 35.0 Å². The Morgan fingerprint density at radius 2 is 1.97 bits per heavy atom. The van der Waals surface area contributed by atoms with Crippen LogP contribution < -0.4 is 16.0 Å². The monoisotopic (exact) mass is 547 g/mol. The van der Waals surface area contributed by atoms with Crippen molar-refractivity contribution in [2.75, 3.05) is 13.1 Å². The van der Waals surface area contributed by atoms with Crippen LogP contribution in [0.5, 0.6) is 0 Å². The zero-order valence-electron chi connectivity index (χ0n) is 21.4. The smallest absolute Gasteiger partial charge is 0.356 e. The molecule has 2 bridgehead atoms. The van der Waals surface area contributed by atoms with Gasteiger partial charge in [0.15, 0.2) is 0 Å². The first-order valence-electron chi connectivity index (χ1n) is 13.5. The zero-order valence-corrected chi connectivity index (χ0v) is 21.4. The van der Waals surface area contributed by atoms with Gasteiger partial charge in [0.05, 0.1) is 6.07 Å². The van der Waals surface area contributed by atoms with Crippen molar-refractivity contribution in [2.45, 2.75) is 62.8 Å². The lowest BCUT2D eigenvalue weighted by molar-refractivity contribution is -0.176. The quantitative estimate of drug-likeness (QED) is 0.397. The first-order valence-corrected chi connectivity index (χ1v) is 13.5. The second kappa shape index (κ2) is 9.99. The van der Waals surface area contributed by atoms with Gasteiger partial charge in [-0.2, -0.15) is 18.4 Å². The molecule has 2 heterocycles. The second-order valence-electron chi connectivity index (χ2n) is 11.5. The summed E-state index contributed by atoms with van der Waals surface area (Å²) in [7, 11) is 0. The third kappa shape index (κ3) is 4.70. The van der Waals surface area contributed by atoms with Crippen molar-refractivity contribution in [3.63, 3.8) is 0 Å². The molecule has 5 aliphatic rings. The van der Waals surface area contributed by atoms with E-state index in [1.54, 1.807) is 0 Å². The summed E-state index contributed by atoms with van der Waals surface area (Å²) in [5.41, 5.74) is -1.04. The third-order valence-electron chi connectivity index (χ3n) is 9.55. The summed E-state index contributed by atoms with van der Waals surface area (Å²) in [4.78, 5) is 53.1. The van der Waals surface area contributed by atoms with E-state index in [2.05, 4.69) is 23.3 Å². The van der Waals surface area contributed by atoms with Crippen molar-refractivity contribution in [1.29, 1.82) is 5.26 Å². The number of fused-ring (bicyclic) bond motifs is 5. The topological polar surface area (TPSA) is 131 Å². The number of allylic oxidation sites excluding steroid dienone is 2. The summed E-state index contributed by atoms with van der Waals surface area (Å²) in [6.45, 7) is 4.41. The molecular formula is C27H32F3N5O4. The molecule has 0 spiro atoms. The van der Waals surface area contributed by atoms with Crippen LogP contribution in [0.2, 0.25) is 0 Å². The van der Waals surface area contributed by atoms with Crippen LogP contribution in [0.25, 0.3) is 0 Å². The van der Waals surface area contributed by atoms with E-state index in [0.717, 1.165) is 6.42 Å². The molecule has 210 valence electrons. The maximum absolute atomic E-state index is 14.0. The second-order valence-corrected chi connectivity index (χ2v) is 11.5. The van der Waals surface area contributed by atoms with E-state index in [9.17, 15) is 37.6 Å². The first-order chi connectivity index (χ1) is 18.5. The predicted molar refractivity (Wildman–Crippen MR) is 131 cm³/mol. The van der Waals surface area contributed by atoms with Gasteiger partial charge in [-0.1, -0.05) is 24.6 Å². The first kappa shape index (κ1) is 27.2. The number of nitrogens with one attached hydrogen (secondary N) is 3. The molecule has 8 atom stereocenters. The minimum absolute atomic E-state index is 0.0231. The Hall–Kier alpha value is -3.36. The molecule has 3 N–H and O–H groups in total. The van der Waals surface area contributed by atoms with Crippen molar-refractivity contribution in [3.8, 4) is 6.07 Å². The molecule has 9 nitrogen and oxygen atoms in total. The van der Waals surface area contributed by atoms with E-state index in [1.165, 1.54) is 11.0 Å². The molecule has 0 aromatic heterocycles. The Morgan fingerprint density at radius 3 is 2.54 bits per heavy atom. The van der Waals surface area contributed by atoms with Crippen molar-refractivity contribution >= 4 is 23.6 Å². The van der Waals surface area contributed by atoms with Gasteiger partial charge in [-0.25, -0.2) is 0 Å². The van der Waals surface area contributed by atoms with Gasteiger partial charge in [-0.15, -0.1) is 6.58 Å². The number of carbonyl (C=O) groups is 4. The lowest BCUT2D eigenvalue weighted by atomic mass is 9.63. The van der Waals surface area contributed by atoms with E-state index < -0.39 is 53.4 Å². The lowest BCUT2D eigenvalue weighted by Crippen LogP contribution is -2.63. The van der Waals surface area contributed by atoms with Crippen LogP contribution in [-0.4, -0.2) is 65.9 Å². The Kier molecular flexibility index (Phi) is 6.97. The highest BCUT2D eigenvalue weighted by molar-refractivity contribution is 5.95. The van der Waals surface area contributed by atoms with Crippen LogP contribution in [0.3, 0.4) is 0 Å². The number of likely N-dealkylation sites (tertiary alicyclic amines) is 1. The van der Waals surface area contributed by atoms with Crippen LogP contribution in [0.15, 0.2) is 24.8 Å².